The Bertz CT molecular complexity index is 277. The molecule has 4 nitrogen and oxygen atoms in total. The van der Waals surface area contributed by atoms with E-state index in [9.17, 15) is 9.18 Å². The molecule has 0 bridgehead atoms. The first kappa shape index (κ1) is 7.59. The summed E-state index contributed by atoms with van der Waals surface area (Å²) in [4.78, 5) is 17.3. The lowest BCUT2D eigenvalue weighted by Gasteiger charge is -1.95. The molecule has 0 spiro atoms. The largest absolute Gasteiger partial charge is 0.464 e. The van der Waals surface area contributed by atoms with Gasteiger partial charge in [0.25, 0.3) is 0 Å². The van der Waals surface area contributed by atoms with Crippen molar-refractivity contribution in [1.82, 2.24) is 9.97 Å². The third-order valence-electron chi connectivity index (χ3n) is 1.000. The van der Waals surface area contributed by atoms with Gasteiger partial charge in [-0.05, 0) is 0 Å². The summed E-state index contributed by atoms with van der Waals surface area (Å²) in [5.41, 5.74) is -0.132. The number of hydrogen-bond donors (Lipinski definition) is 0. The summed E-state index contributed by atoms with van der Waals surface area (Å²) in [7, 11) is 1.19. The van der Waals surface area contributed by atoms with Crippen LogP contribution in [0.2, 0.25) is 0 Å². The van der Waals surface area contributed by atoms with Crippen molar-refractivity contribution in [3.8, 4) is 0 Å². The second-order valence-corrected chi connectivity index (χ2v) is 1.72. The standard InChI is InChI=1S/C6H5FN2O2/c1-11-6(10)4-2-8-3-5(7)9-4/h2-3H,1H3. The lowest BCUT2D eigenvalue weighted by atomic mass is 10.5. The van der Waals surface area contributed by atoms with Crippen molar-refractivity contribution in [2.24, 2.45) is 0 Å². The van der Waals surface area contributed by atoms with Crippen LogP contribution >= 0.6 is 0 Å². The molecule has 1 aromatic heterocycles. The zero-order chi connectivity index (χ0) is 8.27. The smallest absolute Gasteiger partial charge is 0.358 e. The van der Waals surface area contributed by atoms with Gasteiger partial charge in [0.2, 0.25) is 5.95 Å². The molecule has 11 heavy (non-hydrogen) atoms. The minimum atomic E-state index is -0.798. The monoisotopic (exact) mass is 156 g/mol. The normalized spacial score (nSPS) is 9.27. The van der Waals surface area contributed by atoms with Gasteiger partial charge in [0, 0.05) is 0 Å². The molecule has 5 heteroatoms. The van der Waals surface area contributed by atoms with Crippen molar-refractivity contribution in [3.05, 3.63) is 24.0 Å². The number of ether oxygens (including phenoxy) is 1. The summed E-state index contributed by atoms with van der Waals surface area (Å²) in [6, 6.07) is 0. The summed E-state index contributed by atoms with van der Waals surface area (Å²) >= 11 is 0. The number of halogens is 1. The van der Waals surface area contributed by atoms with Crippen molar-refractivity contribution < 1.29 is 13.9 Å². The molecular formula is C6H5FN2O2. The average Bonchev–Trinajstić information content (AvgIpc) is 2.03. The van der Waals surface area contributed by atoms with Gasteiger partial charge in [0.1, 0.15) is 0 Å². The molecule has 0 saturated heterocycles. The van der Waals surface area contributed by atoms with Gasteiger partial charge in [-0.25, -0.2) is 9.78 Å². The molecule has 0 unspecified atom stereocenters. The summed E-state index contributed by atoms with van der Waals surface area (Å²) in [6.45, 7) is 0. The molecule has 0 aromatic carbocycles. The molecule has 0 amide bonds. The second-order valence-electron chi connectivity index (χ2n) is 1.72. The van der Waals surface area contributed by atoms with Crippen molar-refractivity contribution in [2.75, 3.05) is 7.11 Å². The molecule has 0 fully saturated rings. The van der Waals surface area contributed by atoms with E-state index in [0.29, 0.717) is 0 Å². The van der Waals surface area contributed by atoms with E-state index in [1.165, 1.54) is 7.11 Å². The van der Waals surface area contributed by atoms with Crippen LogP contribution in [-0.4, -0.2) is 23.0 Å². The summed E-state index contributed by atoms with van der Waals surface area (Å²) in [5.74, 6) is -1.50. The van der Waals surface area contributed by atoms with Gasteiger partial charge in [-0.2, -0.15) is 4.39 Å². The number of esters is 1. The third kappa shape index (κ3) is 1.70. The van der Waals surface area contributed by atoms with E-state index in [0.717, 1.165) is 12.4 Å². The third-order valence-corrected chi connectivity index (χ3v) is 1.000. The van der Waals surface area contributed by atoms with E-state index in [2.05, 4.69) is 14.7 Å². The predicted molar refractivity (Wildman–Crippen MR) is 33.3 cm³/mol. The van der Waals surface area contributed by atoms with E-state index in [1.54, 1.807) is 0 Å². The number of aromatic nitrogens is 2. The van der Waals surface area contributed by atoms with Gasteiger partial charge < -0.3 is 4.74 Å². The maximum atomic E-state index is 12.3. The zero-order valence-corrected chi connectivity index (χ0v) is 5.74. The van der Waals surface area contributed by atoms with Crippen LogP contribution in [0, 0.1) is 5.95 Å². The van der Waals surface area contributed by atoms with Crippen molar-refractivity contribution in [1.29, 1.82) is 0 Å². The Balaban J connectivity index is 2.96. The maximum Gasteiger partial charge on any atom is 0.358 e. The minimum absolute atomic E-state index is 0.132. The molecular weight excluding hydrogens is 151 g/mol. The van der Waals surface area contributed by atoms with Crippen molar-refractivity contribution in [3.63, 3.8) is 0 Å². The van der Waals surface area contributed by atoms with Gasteiger partial charge >= 0.3 is 5.97 Å². The fourth-order valence-electron chi connectivity index (χ4n) is 0.545. The Morgan fingerprint density at radius 3 is 2.91 bits per heavy atom. The summed E-state index contributed by atoms with van der Waals surface area (Å²) in [5, 5.41) is 0. The van der Waals surface area contributed by atoms with E-state index in [4.69, 9.17) is 0 Å². The highest BCUT2D eigenvalue weighted by atomic mass is 19.1. The Morgan fingerprint density at radius 2 is 2.36 bits per heavy atom. The second kappa shape index (κ2) is 3.05. The number of rotatable bonds is 1. The maximum absolute atomic E-state index is 12.3. The quantitative estimate of drug-likeness (QED) is 0.552. The number of hydrogen-bond acceptors (Lipinski definition) is 4. The van der Waals surface area contributed by atoms with Crippen LogP contribution < -0.4 is 0 Å². The summed E-state index contributed by atoms with van der Waals surface area (Å²) < 4.78 is 16.6. The van der Waals surface area contributed by atoms with Crippen LogP contribution in [0.5, 0.6) is 0 Å². The van der Waals surface area contributed by atoms with E-state index >= 15 is 0 Å². The molecule has 1 aromatic rings. The highest BCUT2D eigenvalue weighted by Gasteiger charge is 2.07. The van der Waals surface area contributed by atoms with Crippen LogP contribution in [0.4, 0.5) is 4.39 Å². The molecule has 58 valence electrons. The van der Waals surface area contributed by atoms with Gasteiger partial charge in [-0.15, -0.1) is 0 Å². The highest BCUT2D eigenvalue weighted by molar-refractivity contribution is 5.86. The molecule has 0 aliphatic carbocycles. The molecule has 0 radical (unpaired) electrons. The lowest BCUT2D eigenvalue weighted by Crippen LogP contribution is -2.05. The fourth-order valence-corrected chi connectivity index (χ4v) is 0.545. The number of nitrogens with zero attached hydrogens (tertiary/aromatic N) is 2. The topological polar surface area (TPSA) is 52.1 Å². The molecule has 0 aliphatic rings. The first-order valence-electron chi connectivity index (χ1n) is 2.80. The van der Waals surface area contributed by atoms with Crippen LogP contribution in [0.15, 0.2) is 12.4 Å². The van der Waals surface area contributed by atoms with Gasteiger partial charge in [-0.3, -0.25) is 4.98 Å². The van der Waals surface area contributed by atoms with Gasteiger partial charge in [0.05, 0.1) is 19.5 Å². The Hall–Kier alpha value is -1.52. The van der Waals surface area contributed by atoms with Crippen LogP contribution in [0.3, 0.4) is 0 Å². The molecule has 1 rings (SSSR count). The zero-order valence-electron chi connectivity index (χ0n) is 5.74. The van der Waals surface area contributed by atoms with E-state index in [-0.39, 0.29) is 5.69 Å². The predicted octanol–water partition coefficient (Wildman–Crippen LogP) is 0.402. The number of methoxy groups -OCH3 is 1. The minimum Gasteiger partial charge on any atom is -0.464 e. The van der Waals surface area contributed by atoms with Crippen molar-refractivity contribution >= 4 is 5.97 Å². The number of carbonyl (C=O) groups excluding carboxylic acids is 1. The highest BCUT2D eigenvalue weighted by Crippen LogP contribution is 1.95. The summed E-state index contributed by atoms with van der Waals surface area (Å²) in [6.07, 6.45) is 2.04. The first-order valence-corrected chi connectivity index (χ1v) is 2.80. The van der Waals surface area contributed by atoms with Gasteiger partial charge in [0.15, 0.2) is 5.69 Å². The number of carbonyl (C=O) groups is 1. The van der Waals surface area contributed by atoms with E-state index < -0.39 is 11.9 Å². The molecule has 0 saturated carbocycles. The van der Waals surface area contributed by atoms with Crippen LogP contribution in [0.1, 0.15) is 10.5 Å². The van der Waals surface area contributed by atoms with Crippen LogP contribution in [-0.2, 0) is 4.74 Å². The fraction of sp³-hybridized carbons (Fsp3) is 0.167. The molecule has 1 heterocycles. The Kier molecular flexibility index (Phi) is 2.10. The Morgan fingerprint density at radius 1 is 1.64 bits per heavy atom. The SMILES string of the molecule is COC(=O)c1cncc(F)n1. The molecule has 0 aliphatic heterocycles. The van der Waals surface area contributed by atoms with E-state index in [1.807, 2.05) is 0 Å². The van der Waals surface area contributed by atoms with Crippen molar-refractivity contribution in [2.45, 2.75) is 0 Å². The lowest BCUT2D eigenvalue weighted by molar-refractivity contribution is 0.0592. The van der Waals surface area contributed by atoms with Crippen LogP contribution in [0.25, 0.3) is 0 Å². The molecule has 0 N–H and O–H groups in total. The Labute approximate surface area is 62.0 Å². The first-order chi connectivity index (χ1) is 5.24. The molecule has 0 atom stereocenters. The van der Waals surface area contributed by atoms with Gasteiger partial charge in [-0.1, -0.05) is 0 Å². The average molecular weight is 156 g/mol.